The van der Waals surface area contributed by atoms with Crippen LogP contribution in [0.3, 0.4) is 0 Å². The van der Waals surface area contributed by atoms with Crippen LogP contribution in [-0.2, 0) is 17.7 Å². The second kappa shape index (κ2) is 6.54. The van der Waals surface area contributed by atoms with Gasteiger partial charge in [-0.2, -0.15) is 11.3 Å². The van der Waals surface area contributed by atoms with Crippen molar-refractivity contribution in [3.05, 3.63) is 46.0 Å². The Morgan fingerprint density at radius 3 is 3.05 bits per heavy atom. The van der Waals surface area contributed by atoms with Crippen LogP contribution in [0.2, 0.25) is 0 Å². The van der Waals surface area contributed by atoms with Gasteiger partial charge in [-0.25, -0.2) is 4.79 Å². The third-order valence-corrected chi connectivity index (χ3v) is 3.61. The lowest BCUT2D eigenvalue weighted by molar-refractivity contribution is 0.0563. The zero-order valence-corrected chi connectivity index (χ0v) is 11.8. The molecule has 2 aromatic rings. The van der Waals surface area contributed by atoms with Gasteiger partial charge in [0, 0.05) is 18.2 Å². The molecule has 0 radical (unpaired) electrons. The Labute approximate surface area is 116 Å². The van der Waals surface area contributed by atoms with Gasteiger partial charge in [-0.05, 0) is 41.8 Å². The number of rotatable bonds is 6. The van der Waals surface area contributed by atoms with E-state index < -0.39 is 5.97 Å². The molecule has 0 bridgehead atoms. The van der Waals surface area contributed by atoms with Crippen molar-refractivity contribution in [2.24, 2.45) is 0 Å². The fourth-order valence-corrected chi connectivity index (χ4v) is 2.55. The molecule has 0 amide bonds. The molecule has 0 saturated carbocycles. The zero-order chi connectivity index (χ0) is 13.7. The van der Waals surface area contributed by atoms with E-state index in [0.717, 1.165) is 12.0 Å². The molecule has 0 aliphatic rings. The predicted octanol–water partition coefficient (Wildman–Crippen LogP) is 2.85. The maximum atomic E-state index is 11.5. The van der Waals surface area contributed by atoms with Crippen LogP contribution in [0.4, 0.5) is 0 Å². The van der Waals surface area contributed by atoms with Gasteiger partial charge in [0.2, 0.25) is 5.76 Å². The summed E-state index contributed by atoms with van der Waals surface area (Å²) in [6.45, 7) is 2.71. The highest BCUT2D eigenvalue weighted by Crippen LogP contribution is 2.13. The van der Waals surface area contributed by atoms with Crippen LogP contribution in [0.25, 0.3) is 0 Å². The summed E-state index contributed by atoms with van der Waals surface area (Å²) in [4.78, 5) is 11.5. The van der Waals surface area contributed by atoms with Gasteiger partial charge in [0.25, 0.3) is 0 Å². The maximum absolute atomic E-state index is 11.5. The Bertz CT molecular complexity index is 519. The van der Waals surface area contributed by atoms with Crippen LogP contribution < -0.4 is 5.32 Å². The molecule has 0 saturated heterocycles. The number of methoxy groups -OCH3 is 1. The smallest absolute Gasteiger partial charge is 0.374 e. The molecule has 1 unspecified atom stereocenters. The Hall–Kier alpha value is -1.59. The third-order valence-electron chi connectivity index (χ3n) is 2.88. The molecule has 5 heteroatoms. The van der Waals surface area contributed by atoms with Crippen molar-refractivity contribution in [1.82, 2.24) is 5.32 Å². The first kappa shape index (κ1) is 13.8. The van der Waals surface area contributed by atoms with Crippen LogP contribution in [0.15, 0.2) is 33.6 Å². The minimum atomic E-state index is -0.438. The summed E-state index contributed by atoms with van der Waals surface area (Å²) in [5, 5.41) is 7.61. The SMILES string of the molecule is COC(=O)c1occc1CNC(C)Cc1ccsc1. The van der Waals surface area contributed by atoms with Crippen LogP contribution in [0.5, 0.6) is 0 Å². The van der Waals surface area contributed by atoms with E-state index in [4.69, 9.17) is 4.42 Å². The lowest BCUT2D eigenvalue weighted by atomic mass is 10.1. The molecule has 102 valence electrons. The summed E-state index contributed by atoms with van der Waals surface area (Å²) in [6, 6.07) is 4.24. The number of esters is 1. The molecule has 1 atom stereocenters. The van der Waals surface area contributed by atoms with E-state index in [9.17, 15) is 4.79 Å². The fraction of sp³-hybridized carbons (Fsp3) is 0.357. The van der Waals surface area contributed by atoms with E-state index in [0.29, 0.717) is 12.6 Å². The molecular formula is C14H17NO3S. The summed E-state index contributed by atoms with van der Waals surface area (Å²) in [7, 11) is 1.35. The second-order valence-corrected chi connectivity index (χ2v) is 5.16. The van der Waals surface area contributed by atoms with Crippen molar-refractivity contribution >= 4 is 17.3 Å². The molecule has 0 aromatic carbocycles. The lowest BCUT2D eigenvalue weighted by Crippen LogP contribution is -2.27. The molecule has 4 nitrogen and oxygen atoms in total. The van der Waals surface area contributed by atoms with Gasteiger partial charge < -0.3 is 14.5 Å². The van der Waals surface area contributed by atoms with Gasteiger partial charge in [-0.1, -0.05) is 0 Å². The van der Waals surface area contributed by atoms with Crippen molar-refractivity contribution in [1.29, 1.82) is 0 Å². The topological polar surface area (TPSA) is 51.5 Å². The first-order chi connectivity index (χ1) is 9.20. The molecule has 1 N–H and O–H groups in total. The quantitative estimate of drug-likeness (QED) is 0.826. The van der Waals surface area contributed by atoms with E-state index in [1.807, 2.05) is 0 Å². The van der Waals surface area contributed by atoms with Crippen LogP contribution in [0, 0.1) is 0 Å². The zero-order valence-electron chi connectivity index (χ0n) is 11.0. The summed E-state index contributed by atoms with van der Waals surface area (Å²) in [5.74, 6) is -0.162. The first-order valence-corrected chi connectivity index (χ1v) is 7.04. The van der Waals surface area contributed by atoms with Gasteiger partial charge in [0.15, 0.2) is 0 Å². The predicted molar refractivity (Wildman–Crippen MR) is 74.4 cm³/mol. The van der Waals surface area contributed by atoms with Crippen molar-refractivity contribution in [3.63, 3.8) is 0 Å². The van der Waals surface area contributed by atoms with E-state index >= 15 is 0 Å². The average molecular weight is 279 g/mol. The van der Waals surface area contributed by atoms with Gasteiger partial charge >= 0.3 is 5.97 Å². The fourth-order valence-electron chi connectivity index (χ4n) is 1.87. The highest BCUT2D eigenvalue weighted by Gasteiger charge is 2.16. The van der Waals surface area contributed by atoms with Gasteiger partial charge in [0.1, 0.15) is 0 Å². The number of hydrogen-bond donors (Lipinski definition) is 1. The van der Waals surface area contributed by atoms with Crippen molar-refractivity contribution in [2.45, 2.75) is 25.9 Å². The summed E-state index contributed by atoms with van der Waals surface area (Å²) >= 11 is 1.70. The molecule has 0 aliphatic heterocycles. The Balaban J connectivity index is 1.88. The third kappa shape index (κ3) is 3.68. The summed E-state index contributed by atoms with van der Waals surface area (Å²) in [5.41, 5.74) is 2.15. The number of nitrogens with one attached hydrogen (secondary N) is 1. The first-order valence-electron chi connectivity index (χ1n) is 6.10. The minimum absolute atomic E-state index is 0.276. The Morgan fingerprint density at radius 1 is 1.53 bits per heavy atom. The normalized spacial score (nSPS) is 12.3. The van der Waals surface area contributed by atoms with Crippen molar-refractivity contribution in [3.8, 4) is 0 Å². The molecular weight excluding hydrogens is 262 g/mol. The van der Waals surface area contributed by atoms with Gasteiger partial charge in [-0.15, -0.1) is 0 Å². The standard InChI is InChI=1S/C14H17NO3S/c1-10(7-11-4-6-19-9-11)15-8-12-3-5-18-13(12)14(16)17-2/h3-6,9-10,15H,7-8H2,1-2H3. The van der Waals surface area contributed by atoms with E-state index in [1.54, 1.807) is 17.4 Å². The molecule has 2 rings (SSSR count). The molecule has 2 aromatic heterocycles. The molecule has 0 fully saturated rings. The second-order valence-electron chi connectivity index (χ2n) is 4.38. The van der Waals surface area contributed by atoms with Crippen molar-refractivity contribution in [2.75, 3.05) is 7.11 Å². The van der Waals surface area contributed by atoms with Crippen LogP contribution in [0.1, 0.15) is 28.6 Å². The molecule has 2 heterocycles. The summed E-state index contributed by atoms with van der Waals surface area (Å²) in [6.07, 6.45) is 2.47. The summed E-state index contributed by atoms with van der Waals surface area (Å²) < 4.78 is 9.81. The van der Waals surface area contributed by atoms with E-state index in [1.165, 1.54) is 18.9 Å². The number of furan rings is 1. The number of carbonyl (C=O) groups is 1. The molecule has 19 heavy (non-hydrogen) atoms. The van der Waals surface area contributed by atoms with Crippen molar-refractivity contribution < 1.29 is 13.9 Å². The Kier molecular flexibility index (Phi) is 4.76. The molecule has 0 spiro atoms. The van der Waals surface area contributed by atoms with Crippen LogP contribution in [-0.4, -0.2) is 19.1 Å². The monoisotopic (exact) mass is 279 g/mol. The van der Waals surface area contributed by atoms with Crippen LogP contribution >= 0.6 is 11.3 Å². The highest BCUT2D eigenvalue weighted by molar-refractivity contribution is 7.07. The minimum Gasteiger partial charge on any atom is -0.463 e. The van der Waals surface area contributed by atoms with E-state index in [2.05, 4.69) is 33.8 Å². The van der Waals surface area contributed by atoms with E-state index in [-0.39, 0.29) is 5.76 Å². The Morgan fingerprint density at radius 2 is 2.37 bits per heavy atom. The lowest BCUT2D eigenvalue weighted by Gasteiger charge is -2.12. The number of carbonyl (C=O) groups excluding carboxylic acids is 1. The molecule has 0 aliphatic carbocycles. The van der Waals surface area contributed by atoms with Gasteiger partial charge in [-0.3, -0.25) is 0 Å². The largest absolute Gasteiger partial charge is 0.463 e. The maximum Gasteiger partial charge on any atom is 0.374 e. The average Bonchev–Trinajstić information content (AvgIpc) is 3.06. The highest BCUT2D eigenvalue weighted by atomic mass is 32.1. The van der Waals surface area contributed by atoms with Gasteiger partial charge in [0.05, 0.1) is 13.4 Å². The number of thiophene rings is 1. The number of ether oxygens (including phenoxy) is 1. The number of hydrogen-bond acceptors (Lipinski definition) is 5.